The molecule has 0 radical (unpaired) electrons. The molecule has 2 amide bonds. The lowest BCUT2D eigenvalue weighted by Gasteiger charge is -2.40. The van der Waals surface area contributed by atoms with Gasteiger partial charge in [-0.05, 0) is 73.8 Å². The second-order valence-corrected chi connectivity index (χ2v) is 11.8. The first kappa shape index (κ1) is 35.8. The number of guanidine groups is 1. The van der Waals surface area contributed by atoms with Crippen molar-refractivity contribution in [2.45, 2.75) is 79.8 Å². The van der Waals surface area contributed by atoms with E-state index in [-0.39, 0.29) is 59.9 Å². The maximum atomic E-state index is 15.0. The van der Waals surface area contributed by atoms with E-state index in [2.05, 4.69) is 25.7 Å². The number of carbonyl (C=O) groups is 1. The maximum Gasteiger partial charge on any atom is 0.330 e. The topological polar surface area (TPSA) is 104 Å². The Morgan fingerprint density at radius 2 is 1.84 bits per heavy atom. The predicted molar refractivity (Wildman–Crippen MR) is 179 cm³/mol. The number of aliphatic imine (C=N–C) groups is 2. The Bertz CT molecular complexity index is 1460. The summed E-state index contributed by atoms with van der Waals surface area (Å²) in [5, 5.41) is 20.6. The zero-order chi connectivity index (χ0) is 33.4. The molecule has 1 heterocycles. The average Bonchev–Trinajstić information content (AvgIpc) is 3.02. The van der Waals surface area contributed by atoms with Crippen LogP contribution in [0.15, 0.2) is 69.6 Å². The summed E-state index contributed by atoms with van der Waals surface area (Å²) in [6.45, 7) is 16.0. The lowest BCUT2D eigenvalue weighted by molar-refractivity contribution is 0.197. The van der Waals surface area contributed by atoms with Gasteiger partial charge in [-0.25, -0.2) is 18.6 Å². The molecule has 3 N–H and O–H groups in total. The van der Waals surface area contributed by atoms with E-state index in [1.807, 2.05) is 45.9 Å². The fourth-order valence-electron chi connectivity index (χ4n) is 4.94. The number of nitrogens with one attached hydrogen (secondary N) is 2. The molecule has 0 aromatic heterocycles. The molecule has 1 aliphatic carbocycles. The molecule has 1 aliphatic heterocycles. The third kappa shape index (κ3) is 8.55. The van der Waals surface area contributed by atoms with Crippen LogP contribution in [-0.4, -0.2) is 57.5 Å². The zero-order valence-corrected chi connectivity index (χ0v) is 27.8. The summed E-state index contributed by atoms with van der Waals surface area (Å²) in [6, 6.07) is 1.38. The van der Waals surface area contributed by atoms with E-state index in [1.54, 1.807) is 4.90 Å². The van der Waals surface area contributed by atoms with Crippen molar-refractivity contribution in [1.29, 1.82) is 5.41 Å². The average molecular weight is 643 g/mol. The van der Waals surface area contributed by atoms with Crippen molar-refractivity contribution >= 4 is 35.0 Å². The Hall–Kier alpha value is -3.63. The monoisotopic (exact) mass is 642 g/mol. The van der Waals surface area contributed by atoms with Crippen LogP contribution in [0.25, 0.3) is 0 Å². The van der Waals surface area contributed by atoms with Gasteiger partial charge in [0.05, 0.1) is 35.6 Å². The second-order valence-electron chi connectivity index (χ2n) is 11.4. The van der Waals surface area contributed by atoms with Crippen LogP contribution < -0.4 is 5.32 Å². The highest BCUT2D eigenvalue weighted by molar-refractivity contribution is 6.30. The Balaban J connectivity index is 2.15. The molecule has 244 valence electrons. The van der Waals surface area contributed by atoms with Crippen molar-refractivity contribution in [3.63, 3.8) is 0 Å². The molecule has 1 aromatic carbocycles. The van der Waals surface area contributed by atoms with E-state index < -0.39 is 17.7 Å². The van der Waals surface area contributed by atoms with E-state index in [0.29, 0.717) is 17.8 Å². The van der Waals surface area contributed by atoms with Crippen molar-refractivity contribution in [1.82, 2.24) is 15.1 Å². The number of carbonyl (C=O) groups excluding carboxylic acids is 1. The summed E-state index contributed by atoms with van der Waals surface area (Å²) in [6.07, 6.45) is 8.73. The van der Waals surface area contributed by atoms with E-state index in [9.17, 15) is 18.7 Å². The lowest BCUT2D eigenvalue weighted by atomic mass is 9.88. The van der Waals surface area contributed by atoms with Crippen LogP contribution in [0.4, 0.5) is 13.6 Å². The highest BCUT2D eigenvalue weighted by Crippen LogP contribution is 2.32. The van der Waals surface area contributed by atoms with Gasteiger partial charge in [0, 0.05) is 23.9 Å². The molecule has 0 spiro atoms. The normalized spacial score (nSPS) is 20.4. The molecular weight excluding hydrogens is 598 g/mol. The molecule has 8 nitrogen and oxygen atoms in total. The molecule has 0 bridgehead atoms. The minimum Gasteiger partial charge on any atom is -0.396 e. The van der Waals surface area contributed by atoms with Gasteiger partial charge >= 0.3 is 6.03 Å². The first-order valence-electron chi connectivity index (χ1n) is 15.5. The van der Waals surface area contributed by atoms with Crippen LogP contribution in [0.1, 0.15) is 72.8 Å². The number of aliphatic hydroxyl groups is 1. The Morgan fingerprint density at radius 3 is 2.44 bits per heavy atom. The van der Waals surface area contributed by atoms with Crippen LogP contribution in [0, 0.1) is 28.9 Å². The van der Waals surface area contributed by atoms with E-state index in [1.165, 1.54) is 11.0 Å². The van der Waals surface area contributed by atoms with Crippen molar-refractivity contribution in [2.75, 3.05) is 13.2 Å². The van der Waals surface area contributed by atoms with Crippen molar-refractivity contribution in [2.24, 2.45) is 21.8 Å². The third-order valence-electron chi connectivity index (χ3n) is 8.41. The minimum atomic E-state index is -0.877. The van der Waals surface area contributed by atoms with E-state index in [4.69, 9.17) is 27.0 Å². The van der Waals surface area contributed by atoms with Crippen LogP contribution in [0.3, 0.4) is 0 Å². The maximum absolute atomic E-state index is 15.0. The summed E-state index contributed by atoms with van der Waals surface area (Å²) >= 11 is 6.02. The number of amides is 2. The summed E-state index contributed by atoms with van der Waals surface area (Å²) in [5.74, 6) is -1.35. The molecule has 1 saturated heterocycles. The molecule has 0 saturated carbocycles. The minimum absolute atomic E-state index is 0.00813. The van der Waals surface area contributed by atoms with Gasteiger partial charge in [-0.1, -0.05) is 58.9 Å². The Labute approximate surface area is 270 Å². The van der Waals surface area contributed by atoms with Gasteiger partial charge < -0.3 is 10.5 Å². The number of benzene rings is 1. The van der Waals surface area contributed by atoms with Crippen molar-refractivity contribution in [3.8, 4) is 0 Å². The number of aliphatic hydroxyl groups excluding tert-OH is 1. The number of rotatable bonds is 13. The molecule has 3 unspecified atom stereocenters. The SMILES string of the molecule is C=C1N(CC(=N)C(C)CC)C(=O)NC(=NC2=C/C(=C/C)C(=NC(CC)CCO)C=C2C(C)CC)N1Cc1cc(Cl)c(F)cc1F. The Morgan fingerprint density at radius 1 is 1.13 bits per heavy atom. The van der Waals surface area contributed by atoms with Gasteiger partial charge in [0.2, 0.25) is 5.96 Å². The second kappa shape index (κ2) is 16.1. The van der Waals surface area contributed by atoms with E-state index in [0.717, 1.165) is 42.2 Å². The quantitative estimate of drug-likeness (QED) is 0.151. The van der Waals surface area contributed by atoms with Crippen LogP contribution in [0.5, 0.6) is 0 Å². The summed E-state index contributed by atoms with van der Waals surface area (Å²) < 4.78 is 29.0. The number of hydrogen-bond acceptors (Lipinski definition) is 5. The number of hydrogen-bond donors (Lipinski definition) is 3. The van der Waals surface area contributed by atoms with Crippen LogP contribution in [0.2, 0.25) is 5.02 Å². The van der Waals surface area contributed by atoms with Gasteiger partial charge in [0.15, 0.2) is 0 Å². The summed E-state index contributed by atoms with van der Waals surface area (Å²) in [5.41, 5.74) is 3.56. The first-order valence-corrected chi connectivity index (χ1v) is 15.9. The number of urea groups is 1. The van der Waals surface area contributed by atoms with Crippen molar-refractivity contribution in [3.05, 3.63) is 81.8 Å². The standard InChI is InChI=1S/C34H45ClF2N6O2/c1-8-20(5)26-16-31(39-25(11-4)12-13-44)23(10-3)15-32(26)40-33-41-34(45)43(19-30(38)21(6)9-2)22(7)42(33)18-24-14-27(35)29(37)17-28(24)36/h10,14-17,20-21,25,38,44H,7-9,11-13,18-19H2,1-6H3,(H,40,41,45)/b23-10-,38-30?,39-31?. The summed E-state index contributed by atoms with van der Waals surface area (Å²) in [4.78, 5) is 26.2. The molecule has 3 rings (SSSR count). The van der Waals surface area contributed by atoms with Gasteiger partial charge in [0.25, 0.3) is 0 Å². The highest BCUT2D eigenvalue weighted by atomic mass is 35.5. The molecule has 11 heteroatoms. The molecule has 3 atom stereocenters. The fraction of sp³-hybridized carbons (Fsp3) is 0.471. The van der Waals surface area contributed by atoms with Crippen molar-refractivity contribution < 1.29 is 18.7 Å². The molecular formula is C34H45ClF2N6O2. The smallest absolute Gasteiger partial charge is 0.330 e. The van der Waals surface area contributed by atoms with Gasteiger partial charge in [-0.3, -0.25) is 20.1 Å². The molecule has 2 aliphatic rings. The first-order chi connectivity index (χ1) is 21.4. The van der Waals surface area contributed by atoms with Gasteiger partial charge in [-0.15, -0.1) is 0 Å². The number of halogens is 3. The number of allylic oxidation sites excluding steroid dienone is 5. The van der Waals surface area contributed by atoms with Crippen LogP contribution in [-0.2, 0) is 6.54 Å². The molecule has 45 heavy (non-hydrogen) atoms. The molecule has 1 aromatic rings. The van der Waals surface area contributed by atoms with Crippen LogP contribution >= 0.6 is 11.6 Å². The highest BCUT2D eigenvalue weighted by Gasteiger charge is 2.34. The molecule has 1 fully saturated rings. The van der Waals surface area contributed by atoms with Gasteiger partial charge in [-0.2, -0.15) is 0 Å². The zero-order valence-electron chi connectivity index (χ0n) is 27.1. The lowest BCUT2D eigenvalue weighted by Crippen LogP contribution is -2.58. The Kier molecular flexibility index (Phi) is 12.8. The third-order valence-corrected chi connectivity index (χ3v) is 8.70. The fourth-order valence-corrected chi connectivity index (χ4v) is 5.13. The number of nitrogens with zero attached hydrogens (tertiary/aromatic N) is 4. The largest absolute Gasteiger partial charge is 0.396 e. The summed E-state index contributed by atoms with van der Waals surface area (Å²) in [7, 11) is 0. The predicted octanol–water partition coefficient (Wildman–Crippen LogP) is 7.76. The van der Waals surface area contributed by atoms with Gasteiger partial charge in [0.1, 0.15) is 17.5 Å². The van der Waals surface area contributed by atoms with E-state index >= 15 is 0 Å².